The number of amides is 1. The van der Waals surface area contributed by atoms with Gasteiger partial charge in [0.15, 0.2) is 0 Å². The monoisotopic (exact) mass is 407 g/mol. The van der Waals surface area contributed by atoms with Crippen LogP contribution in [0.15, 0.2) is 65.2 Å². The lowest BCUT2D eigenvalue weighted by molar-refractivity contribution is -0.137. The Morgan fingerprint density at radius 2 is 1.97 bits per heavy atom. The number of para-hydroxylation sites is 1. The molecule has 0 unspecified atom stereocenters. The van der Waals surface area contributed by atoms with E-state index in [9.17, 15) is 9.59 Å². The molecule has 9 heteroatoms. The number of nitrogens with two attached hydrogens (primary N) is 1. The van der Waals surface area contributed by atoms with Crippen LogP contribution < -0.4 is 10.7 Å². The molecule has 4 rings (SSSR count). The summed E-state index contributed by atoms with van der Waals surface area (Å²) in [4.78, 5) is 33.0. The number of nitrogens with zero attached hydrogens (tertiary/aromatic N) is 4. The molecule has 0 fully saturated rings. The molecule has 3 heterocycles. The molecule has 3 aromatic rings. The van der Waals surface area contributed by atoms with Crippen LogP contribution in [0.25, 0.3) is 10.7 Å². The summed E-state index contributed by atoms with van der Waals surface area (Å²) >= 11 is 1.42. The zero-order valence-corrected chi connectivity index (χ0v) is 16.1. The number of pyridine rings is 1. The predicted molar refractivity (Wildman–Crippen MR) is 109 cm³/mol. The number of carbonyl (C=O) groups excluding carboxylic acids is 2. The van der Waals surface area contributed by atoms with Crippen molar-refractivity contribution in [2.45, 2.75) is 19.1 Å². The van der Waals surface area contributed by atoms with Gasteiger partial charge in [-0.3, -0.25) is 14.8 Å². The van der Waals surface area contributed by atoms with Gasteiger partial charge in [0.05, 0.1) is 17.1 Å². The summed E-state index contributed by atoms with van der Waals surface area (Å²) < 4.78 is 5.35. The molecule has 0 aliphatic carbocycles. The number of thiazole rings is 1. The lowest BCUT2D eigenvalue weighted by atomic mass is 10.1. The van der Waals surface area contributed by atoms with Gasteiger partial charge in [-0.05, 0) is 24.3 Å². The number of esters is 1. The van der Waals surface area contributed by atoms with Crippen LogP contribution in [0.4, 0.5) is 5.69 Å². The Morgan fingerprint density at radius 1 is 1.17 bits per heavy atom. The molecule has 0 spiro atoms. The summed E-state index contributed by atoms with van der Waals surface area (Å²) in [5.41, 5.74) is 7.70. The average Bonchev–Trinajstić information content (AvgIpc) is 3.41. The molecule has 1 atom stereocenters. The van der Waals surface area contributed by atoms with E-state index in [2.05, 4.69) is 15.1 Å². The molecule has 1 aliphatic heterocycles. The summed E-state index contributed by atoms with van der Waals surface area (Å²) in [6.07, 6.45) is 1.79. The van der Waals surface area contributed by atoms with Crippen LogP contribution in [0, 0.1) is 0 Å². The summed E-state index contributed by atoms with van der Waals surface area (Å²) in [6, 6.07) is 13.9. The van der Waals surface area contributed by atoms with Crippen LogP contribution in [0.2, 0.25) is 0 Å². The van der Waals surface area contributed by atoms with Crippen molar-refractivity contribution >= 4 is 34.6 Å². The largest absolute Gasteiger partial charge is 0.455 e. The van der Waals surface area contributed by atoms with Crippen molar-refractivity contribution in [1.82, 2.24) is 9.97 Å². The molecule has 1 aromatic carbocycles. The minimum Gasteiger partial charge on any atom is -0.455 e. The molecular weight excluding hydrogens is 390 g/mol. The number of ether oxygens (including phenoxy) is 1. The zero-order valence-electron chi connectivity index (χ0n) is 15.3. The second kappa shape index (κ2) is 8.19. The van der Waals surface area contributed by atoms with Gasteiger partial charge in [-0.15, -0.1) is 11.3 Å². The number of aromatic nitrogens is 2. The van der Waals surface area contributed by atoms with E-state index >= 15 is 0 Å². The first-order valence-corrected chi connectivity index (χ1v) is 9.74. The molecule has 0 saturated carbocycles. The third-order valence-electron chi connectivity index (χ3n) is 4.28. The van der Waals surface area contributed by atoms with Crippen molar-refractivity contribution in [3.8, 4) is 10.7 Å². The Labute approximate surface area is 170 Å². The van der Waals surface area contributed by atoms with Gasteiger partial charge in [-0.25, -0.2) is 9.78 Å². The molecule has 0 bridgehead atoms. The number of benzene rings is 1. The molecule has 1 amide bonds. The maximum absolute atomic E-state index is 12.5. The Morgan fingerprint density at radius 3 is 2.69 bits per heavy atom. The van der Waals surface area contributed by atoms with Crippen LogP contribution in [0.3, 0.4) is 0 Å². The summed E-state index contributed by atoms with van der Waals surface area (Å²) in [5, 5.41) is 8.30. The highest BCUT2D eigenvalue weighted by molar-refractivity contribution is 7.13. The fourth-order valence-electron chi connectivity index (χ4n) is 2.88. The number of hydrogen-bond donors (Lipinski definition) is 1. The number of anilines is 1. The lowest BCUT2D eigenvalue weighted by Crippen LogP contribution is -2.39. The van der Waals surface area contributed by atoms with Gasteiger partial charge in [-0.1, -0.05) is 24.3 Å². The van der Waals surface area contributed by atoms with Crippen LogP contribution >= 0.6 is 11.3 Å². The number of primary amides is 1. The van der Waals surface area contributed by atoms with Gasteiger partial charge in [0.2, 0.25) is 5.91 Å². The third-order valence-corrected chi connectivity index (χ3v) is 5.20. The Hall–Kier alpha value is -3.59. The molecule has 0 saturated heterocycles. The van der Waals surface area contributed by atoms with E-state index < -0.39 is 17.9 Å². The lowest BCUT2D eigenvalue weighted by Gasteiger charge is -2.20. The van der Waals surface area contributed by atoms with E-state index in [1.165, 1.54) is 16.3 Å². The van der Waals surface area contributed by atoms with E-state index in [4.69, 9.17) is 10.5 Å². The molecular formula is C20H17N5O3S. The highest BCUT2D eigenvalue weighted by Gasteiger charge is 2.35. The molecule has 146 valence electrons. The first kappa shape index (κ1) is 18.8. The minimum atomic E-state index is -0.727. The van der Waals surface area contributed by atoms with Crippen LogP contribution in [-0.2, 0) is 20.9 Å². The number of hydrogen-bond acceptors (Lipinski definition) is 8. The highest BCUT2D eigenvalue weighted by atomic mass is 32.1. The van der Waals surface area contributed by atoms with Crippen molar-refractivity contribution in [3.63, 3.8) is 0 Å². The number of hydrazone groups is 1. The third kappa shape index (κ3) is 4.14. The van der Waals surface area contributed by atoms with E-state index in [0.29, 0.717) is 11.4 Å². The van der Waals surface area contributed by atoms with Crippen molar-refractivity contribution < 1.29 is 14.3 Å². The van der Waals surface area contributed by atoms with E-state index in [-0.39, 0.29) is 18.7 Å². The van der Waals surface area contributed by atoms with Gasteiger partial charge < -0.3 is 10.5 Å². The molecule has 1 aliphatic rings. The Balaban J connectivity index is 1.43. The normalized spacial score (nSPS) is 15.8. The van der Waals surface area contributed by atoms with Gasteiger partial charge in [-0.2, -0.15) is 5.10 Å². The smallest absolute Gasteiger partial charge is 0.354 e. The first-order chi connectivity index (χ1) is 14.1. The van der Waals surface area contributed by atoms with Crippen LogP contribution in [0.1, 0.15) is 12.1 Å². The molecule has 29 heavy (non-hydrogen) atoms. The van der Waals surface area contributed by atoms with Crippen molar-refractivity contribution in [1.29, 1.82) is 0 Å². The van der Waals surface area contributed by atoms with Gasteiger partial charge in [0.25, 0.3) is 0 Å². The average molecular weight is 407 g/mol. The zero-order chi connectivity index (χ0) is 20.2. The Kier molecular flexibility index (Phi) is 5.30. The number of rotatable bonds is 6. The topological polar surface area (TPSA) is 111 Å². The molecule has 0 radical (unpaired) electrons. The maximum Gasteiger partial charge on any atom is 0.354 e. The van der Waals surface area contributed by atoms with Gasteiger partial charge in [0.1, 0.15) is 23.4 Å². The van der Waals surface area contributed by atoms with Crippen molar-refractivity contribution in [2.75, 3.05) is 5.01 Å². The Bertz CT molecular complexity index is 1050. The van der Waals surface area contributed by atoms with E-state index in [0.717, 1.165) is 10.7 Å². The second-order valence-electron chi connectivity index (χ2n) is 6.28. The summed E-state index contributed by atoms with van der Waals surface area (Å²) in [7, 11) is 0. The van der Waals surface area contributed by atoms with Crippen LogP contribution in [0.5, 0.6) is 0 Å². The standard InChI is InChI=1S/C20H17N5O3S/c21-18(26)17-10-16(24-25(17)14-6-2-1-3-7-14)20(27)28-11-13-12-29-19(23-13)15-8-4-5-9-22-15/h1-9,12,17H,10-11H2,(H2,21,26)/t17-/m0/s1. The van der Waals surface area contributed by atoms with E-state index in [1.54, 1.807) is 18.3 Å². The molecule has 2 N–H and O–H groups in total. The summed E-state index contributed by atoms with van der Waals surface area (Å²) in [5.74, 6) is -1.15. The first-order valence-electron chi connectivity index (χ1n) is 8.86. The fourth-order valence-corrected chi connectivity index (χ4v) is 3.66. The predicted octanol–water partition coefficient (Wildman–Crippen LogP) is 2.37. The van der Waals surface area contributed by atoms with Crippen LogP contribution in [-0.4, -0.2) is 33.6 Å². The van der Waals surface area contributed by atoms with Crippen molar-refractivity contribution in [2.24, 2.45) is 10.8 Å². The molecule has 8 nitrogen and oxygen atoms in total. The summed E-state index contributed by atoms with van der Waals surface area (Å²) in [6.45, 7) is 0.00770. The van der Waals surface area contributed by atoms with Gasteiger partial charge >= 0.3 is 5.97 Å². The SMILES string of the molecule is NC(=O)[C@@H]1CC(C(=O)OCc2csc(-c3ccccn3)n2)=NN1c1ccccc1. The quantitative estimate of drug-likeness (QED) is 0.628. The number of carbonyl (C=O) groups is 2. The highest BCUT2D eigenvalue weighted by Crippen LogP contribution is 2.25. The molecule has 2 aromatic heterocycles. The van der Waals surface area contributed by atoms with Gasteiger partial charge in [0, 0.05) is 18.0 Å². The fraction of sp³-hybridized carbons (Fsp3) is 0.150. The van der Waals surface area contributed by atoms with Crippen molar-refractivity contribution in [3.05, 3.63) is 65.8 Å². The maximum atomic E-state index is 12.5. The minimum absolute atomic E-state index is 0.00770. The van der Waals surface area contributed by atoms with E-state index in [1.807, 2.05) is 41.8 Å². The second-order valence-corrected chi connectivity index (χ2v) is 7.14.